The van der Waals surface area contributed by atoms with E-state index >= 15 is 4.39 Å². The standard InChI is InChI=1S/C35H47FN6O3S/c1-35(2,3)15-20-42-32(44)29(46-33(42)26-8-6-9-27(36)31(26)40-16-12-24(37)22-40)21-30(43)39-17-13-25(14-18-39)41-19-11-23-7-4-5-10-28(23)38-34(41)45/h4-10,24-25,29,33H,11-22,37H2,1-3H3,(H,38,45)/t24?,29-,33?/m0/s1. The summed E-state index contributed by atoms with van der Waals surface area (Å²) in [4.78, 5) is 48.3. The van der Waals surface area contributed by atoms with E-state index in [0.717, 1.165) is 36.1 Å². The quantitative estimate of drug-likeness (QED) is 0.427. The van der Waals surface area contributed by atoms with Crippen molar-refractivity contribution < 1.29 is 18.8 Å². The molecule has 0 bridgehead atoms. The van der Waals surface area contributed by atoms with Gasteiger partial charge in [0.2, 0.25) is 11.8 Å². The largest absolute Gasteiger partial charge is 0.367 e. The van der Waals surface area contributed by atoms with Crippen LogP contribution in [0.2, 0.25) is 0 Å². The van der Waals surface area contributed by atoms with Crippen LogP contribution in [0.5, 0.6) is 0 Å². The summed E-state index contributed by atoms with van der Waals surface area (Å²) in [6.45, 7) is 9.96. The van der Waals surface area contributed by atoms with Crippen LogP contribution in [0.3, 0.4) is 0 Å². The van der Waals surface area contributed by atoms with Gasteiger partial charge >= 0.3 is 6.03 Å². The molecule has 0 radical (unpaired) electrons. The van der Waals surface area contributed by atoms with Crippen LogP contribution < -0.4 is 16.0 Å². The average molecular weight is 651 g/mol. The number of para-hydroxylation sites is 2. The molecule has 3 saturated heterocycles. The van der Waals surface area contributed by atoms with Gasteiger partial charge in [-0.05, 0) is 55.2 Å². The molecule has 46 heavy (non-hydrogen) atoms. The van der Waals surface area contributed by atoms with Crippen LogP contribution >= 0.6 is 11.8 Å². The van der Waals surface area contributed by atoms with Gasteiger partial charge in [0.25, 0.3) is 0 Å². The number of urea groups is 1. The highest BCUT2D eigenvalue weighted by Gasteiger charge is 2.44. The monoisotopic (exact) mass is 650 g/mol. The molecule has 4 aliphatic rings. The molecule has 0 spiro atoms. The number of benzene rings is 2. The molecule has 248 valence electrons. The molecule has 4 amide bonds. The van der Waals surface area contributed by atoms with Crippen molar-refractivity contribution in [1.29, 1.82) is 0 Å². The number of nitrogens with one attached hydrogen (secondary N) is 1. The van der Waals surface area contributed by atoms with Crippen molar-refractivity contribution >= 4 is 41.0 Å². The number of fused-ring (bicyclic) bond motifs is 1. The first-order valence-electron chi connectivity index (χ1n) is 16.7. The zero-order valence-electron chi connectivity index (χ0n) is 27.2. The van der Waals surface area contributed by atoms with E-state index in [0.29, 0.717) is 57.8 Å². The lowest BCUT2D eigenvalue weighted by Crippen LogP contribution is -2.50. The number of nitrogens with zero attached hydrogens (tertiary/aromatic N) is 4. The summed E-state index contributed by atoms with van der Waals surface area (Å²) < 4.78 is 15.4. The molecule has 2 unspecified atom stereocenters. The van der Waals surface area contributed by atoms with E-state index in [1.165, 1.54) is 17.8 Å². The summed E-state index contributed by atoms with van der Waals surface area (Å²) in [5, 5.41) is 2.13. The first-order valence-corrected chi connectivity index (χ1v) is 17.6. The van der Waals surface area contributed by atoms with Crippen molar-refractivity contribution in [1.82, 2.24) is 14.7 Å². The summed E-state index contributed by atoms with van der Waals surface area (Å²) in [5.74, 6) is -0.408. The summed E-state index contributed by atoms with van der Waals surface area (Å²) in [7, 11) is 0. The Hall–Kier alpha value is -3.31. The summed E-state index contributed by atoms with van der Waals surface area (Å²) >= 11 is 1.47. The highest BCUT2D eigenvalue weighted by atomic mass is 32.2. The Morgan fingerprint density at radius 3 is 2.50 bits per heavy atom. The van der Waals surface area contributed by atoms with E-state index in [-0.39, 0.29) is 53.0 Å². The van der Waals surface area contributed by atoms with Crippen molar-refractivity contribution in [2.24, 2.45) is 11.1 Å². The number of likely N-dealkylation sites (tertiary alicyclic amines) is 1. The van der Waals surface area contributed by atoms with Gasteiger partial charge in [-0.15, -0.1) is 11.8 Å². The van der Waals surface area contributed by atoms with Gasteiger partial charge in [-0.2, -0.15) is 0 Å². The normalized spacial score (nSPS) is 24.3. The number of anilines is 2. The van der Waals surface area contributed by atoms with Gasteiger partial charge in [0.1, 0.15) is 11.2 Å². The maximum Gasteiger partial charge on any atom is 0.322 e. The molecule has 0 saturated carbocycles. The molecular formula is C35H47FN6O3S. The lowest BCUT2D eigenvalue weighted by atomic mass is 9.92. The molecule has 3 fully saturated rings. The highest BCUT2D eigenvalue weighted by Crippen LogP contribution is 2.48. The summed E-state index contributed by atoms with van der Waals surface area (Å²) in [6.07, 6.45) is 3.88. The molecule has 0 aliphatic carbocycles. The number of hydrogen-bond acceptors (Lipinski definition) is 6. The van der Waals surface area contributed by atoms with Crippen LogP contribution in [0.15, 0.2) is 42.5 Å². The molecule has 9 nitrogen and oxygen atoms in total. The number of nitrogens with two attached hydrogens (primary N) is 1. The minimum absolute atomic E-state index is 0.00724. The summed E-state index contributed by atoms with van der Waals surface area (Å²) in [5.41, 5.74) is 9.50. The lowest BCUT2D eigenvalue weighted by Gasteiger charge is -2.38. The van der Waals surface area contributed by atoms with Gasteiger partial charge in [-0.25, -0.2) is 9.18 Å². The molecule has 3 atom stereocenters. The molecule has 6 rings (SSSR count). The first kappa shape index (κ1) is 32.6. The van der Waals surface area contributed by atoms with Crippen LogP contribution in [0.1, 0.15) is 69.4 Å². The molecule has 2 aromatic carbocycles. The number of thioether (sulfide) groups is 1. The van der Waals surface area contributed by atoms with Crippen molar-refractivity contribution in [2.45, 2.75) is 82.0 Å². The number of amides is 4. The van der Waals surface area contributed by atoms with Crippen LogP contribution in [0.4, 0.5) is 20.6 Å². The van der Waals surface area contributed by atoms with E-state index in [1.54, 1.807) is 6.07 Å². The fourth-order valence-electron chi connectivity index (χ4n) is 7.16. The number of halogens is 1. The molecule has 11 heteroatoms. The third-order valence-electron chi connectivity index (χ3n) is 9.82. The number of rotatable bonds is 7. The number of piperidine rings is 1. The Bertz CT molecular complexity index is 1460. The SMILES string of the molecule is CC(C)(C)CCN1C(=O)[C@H](CC(=O)N2CCC(N3CCc4ccccc4NC3=O)CC2)SC1c1cccc(F)c1N1CCC(N)C1. The second kappa shape index (κ2) is 13.4. The lowest BCUT2D eigenvalue weighted by molar-refractivity contribution is -0.137. The second-order valence-electron chi connectivity index (χ2n) is 14.3. The number of hydrogen-bond donors (Lipinski definition) is 2. The molecule has 4 aliphatic heterocycles. The fraction of sp³-hybridized carbons (Fsp3) is 0.571. The summed E-state index contributed by atoms with van der Waals surface area (Å²) in [6, 6.07) is 13.0. The smallest absolute Gasteiger partial charge is 0.322 e. The van der Waals surface area contributed by atoms with Crippen molar-refractivity contribution in [3.8, 4) is 0 Å². The highest BCUT2D eigenvalue weighted by molar-refractivity contribution is 8.01. The van der Waals surface area contributed by atoms with Gasteiger partial charge in [-0.3, -0.25) is 9.59 Å². The Labute approximate surface area is 276 Å². The van der Waals surface area contributed by atoms with E-state index in [1.807, 2.05) is 43.9 Å². The van der Waals surface area contributed by atoms with Crippen LogP contribution in [-0.4, -0.2) is 89.1 Å². The fourth-order valence-corrected chi connectivity index (χ4v) is 8.65. The predicted molar refractivity (Wildman–Crippen MR) is 181 cm³/mol. The van der Waals surface area contributed by atoms with Crippen molar-refractivity contribution in [3.05, 3.63) is 59.4 Å². The number of carbonyl (C=O) groups is 3. The minimum atomic E-state index is -0.540. The van der Waals surface area contributed by atoms with Gasteiger partial charge in [-0.1, -0.05) is 51.1 Å². The van der Waals surface area contributed by atoms with Crippen LogP contribution in [-0.2, 0) is 16.0 Å². The first-order chi connectivity index (χ1) is 22.0. The molecule has 4 heterocycles. The Morgan fingerprint density at radius 1 is 1.02 bits per heavy atom. The second-order valence-corrected chi connectivity index (χ2v) is 15.6. The Morgan fingerprint density at radius 2 is 1.78 bits per heavy atom. The third-order valence-corrected chi connectivity index (χ3v) is 11.3. The van der Waals surface area contributed by atoms with Gasteiger partial charge in [0, 0.05) is 69.0 Å². The van der Waals surface area contributed by atoms with Crippen molar-refractivity contribution in [3.63, 3.8) is 0 Å². The van der Waals surface area contributed by atoms with Gasteiger partial charge in [0.05, 0.1) is 10.9 Å². The number of carbonyl (C=O) groups excluding carboxylic acids is 3. The van der Waals surface area contributed by atoms with Gasteiger partial charge < -0.3 is 30.7 Å². The Balaban J connectivity index is 1.13. The van der Waals surface area contributed by atoms with E-state index < -0.39 is 5.25 Å². The maximum atomic E-state index is 15.4. The van der Waals surface area contributed by atoms with E-state index in [4.69, 9.17) is 5.73 Å². The van der Waals surface area contributed by atoms with Crippen LogP contribution in [0, 0.1) is 11.2 Å². The Kier molecular flexibility index (Phi) is 9.53. The zero-order valence-corrected chi connectivity index (χ0v) is 28.0. The molecular weight excluding hydrogens is 603 g/mol. The maximum absolute atomic E-state index is 15.4. The van der Waals surface area contributed by atoms with E-state index in [9.17, 15) is 14.4 Å². The van der Waals surface area contributed by atoms with Crippen molar-refractivity contribution in [2.75, 3.05) is 49.5 Å². The van der Waals surface area contributed by atoms with Gasteiger partial charge in [0.15, 0.2) is 0 Å². The molecule has 0 aromatic heterocycles. The zero-order chi connectivity index (χ0) is 32.6. The molecule has 2 aromatic rings. The molecule has 3 N–H and O–H groups in total. The van der Waals surface area contributed by atoms with Crippen LogP contribution in [0.25, 0.3) is 0 Å². The predicted octanol–water partition coefficient (Wildman–Crippen LogP) is 5.21. The third kappa shape index (κ3) is 7.00. The van der Waals surface area contributed by atoms with E-state index in [2.05, 4.69) is 32.2 Å². The average Bonchev–Trinajstić information content (AvgIpc) is 3.53. The minimum Gasteiger partial charge on any atom is -0.367 e. The topological polar surface area (TPSA) is 102 Å².